The molecule has 35 heavy (non-hydrogen) atoms. The summed E-state index contributed by atoms with van der Waals surface area (Å²) in [5.74, 6) is 1.49. The Hall–Kier alpha value is -4.20. The first-order chi connectivity index (χ1) is 16.8. The van der Waals surface area contributed by atoms with Gasteiger partial charge in [0.25, 0.3) is 5.56 Å². The van der Waals surface area contributed by atoms with Gasteiger partial charge in [-0.05, 0) is 68.1 Å². The molecular formula is C27H27N7O. The van der Waals surface area contributed by atoms with Crippen molar-refractivity contribution in [3.63, 3.8) is 0 Å². The van der Waals surface area contributed by atoms with E-state index in [4.69, 9.17) is 4.98 Å². The minimum Gasteiger partial charge on any atom is -0.310 e. The summed E-state index contributed by atoms with van der Waals surface area (Å²) in [6.07, 6.45) is 5.08. The molecule has 4 aromatic heterocycles. The van der Waals surface area contributed by atoms with Gasteiger partial charge in [-0.15, -0.1) is 10.2 Å². The van der Waals surface area contributed by atoms with Gasteiger partial charge < -0.3 is 4.57 Å². The molecule has 5 rings (SSSR count). The monoisotopic (exact) mass is 465 g/mol. The van der Waals surface area contributed by atoms with Crippen LogP contribution in [0.5, 0.6) is 0 Å². The molecule has 0 aliphatic heterocycles. The smallest absolute Gasteiger partial charge is 0.266 e. The highest BCUT2D eigenvalue weighted by Crippen LogP contribution is 2.27. The van der Waals surface area contributed by atoms with E-state index in [1.54, 1.807) is 12.4 Å². The molecule has 5 aromatic rings. The quantitative estimate of drug-likeness (QED) is 0.358. The SMILES string of the molecule is Cc1cc2ncn(-c3cccc(-c4nncn4C(C)C)n3)c(=O)c2cc1-c1ccc(C(C)C)nc1. The van der Waals surface area contributed by atoms with E-state index < -0.39 is 0 Å². The van der Waals surface area contributed by atoms with E-state index in [0.29, 0.717) is 34.2 Å². The molecule has 0 N–H and O–H groups in total. The first-order valence-electron chi connectivity index (χ1n) is 11.7. The molecule has 1 aromatic carbocycles. The molecule has 8 nitrogen and oxygen atoms in total. The van der Waals surface area contributed by atoms with Gasteiger partial charge in [0.2, 0.25) is 0 Å². The number of aromatic nitrogens is 7. The molecule has 0 aliphatic carbocycles. The molecule has 4 heterocycles. The average Bonchev–Trinajstić information content (AvgIpc) is 3.35. The lowest BCUT2D eigenvalue weighted by Crippen LogP contribution is -2.20. The third-order valence-electron chi connectivity index (χ3n) is 6.13. The first-order valence-corrected chi connectivity index (χ1v) is 11.7. The van der Waals surface area contributed by atoms with E-state index >= 15 is 0 Å². The van der Waals surface area contributed by atoms with Crippen molar-refractivity contribution in [1.82, 2.24) is 34.3 Å². The van der Waals surface area contributed by atoms with Crippen LogP contribution in [-0.4, -0.2) is 34.3 Å². The molecule has 0 bridgehead atoms. The van der Waals surface area contributed by atoms with Gasteiger partial charge in [0.15, 0.2) is 5.82 Å². The van der Waals surface area contributed by atoms with Gasteiger partial charge in [-0.1, -0.05) is 26.0 Å². The molecule has 0 radical (unpaired) electrons. The zero-order chi connectivity index (χ0) is 24.7. The van der Waals surface area contributed by atoms with Gasteiger partial charge >= 0.3 is 0 Å². The lowest BCUT2D eigenvalue weighted by molar-refractivity contribution is 0.603. The predicted octanol–water partition coefficient (Wildman–Crippen LogP) is 5.11. The number of rotatable bonds is 5. The summed E-state index contributed by atoms with van der Waals surface area (Å²) < 4.78 is 3.42. The number of pyridine rings is 2. The number of fused-ring (bicyclic) bond motifs is 1. The van der Waals surface area contributed by atoms with Crippen LogP contribution in [0.1, 0.15) is 50.9 Å². The maximum absolute atomic E-state index is 13.6. The van der Waals surface area contributed by atoms with Crippen molar-refractivity contribution < 1.29 is 0 Å². The molecule has 0 fully saturated rings. The minimum atomic E-state index is -0.182. The minimum absolute atomic E-state index is 0.182. The lowest BCUT2D eigenvalue weighted by Gasteiger charge is -2.12. The van der Waals surface area contributed by atoms with Crippen LogP contribution in [0.4, 0.5) is 0 Å². The molecule has 0 amide bonds. The maximum Gasteiger partial charge on any atom is 0.266 e. The van der Waals surface area contributed by atoms with E-state index in [-0.39, 0.29) is 11.6 Å². The van der Waals surface area contributed by atoms with Crippen LogP contribution in [-0.2, 0) is 0 Å². The van der Waals surface area contributed by atoms with Crippen LogP contribution in [0.25, 0.3) is 39.4 Å². The third-order valence-corrected chi connectivity index (χ3v) is 6.13. The Balaban J connectivity index is 1.61. The molecule has 0 aliphatic rings. The van der Waals surface area contributed by atoms with Crippen molar-refractivity contribution in [3.8, 4) is 28.5 Å². The lowest BCUT2D eigenvalue weighted by atomic mass is 9.99. The highest BCUT2D eigenvalue weighted by Gasteiger charge is 2.15. The Bertz CT molecular complexity index is 1580. The van der Waals surface area contributed by atoms with Crippen molar-refractivity contribution in [1.29, 1.82) is 0 Å². The number of aryl methyl sites for hydroxylation is 1. The van der Waals surface area contributed by atoms with Gasteiger partial charge in [0.05, 0.1) is 10.9 Å². The third kappa shape index (κ3) is 4.12. The number of hydrogen-bond donors (Lipinski definition) is 0. The first kappa shape index (κ1) is 22.6. The van der Waals surface area contributed by atoms with E-state index in [1.165, 1.54) is 10.9 Å². The van der Waals surface area contributed by atoms with Crippen molar-refractivity contribution in [2.45, 2.75) is 46.6 Å². The topological polar surface area (TPSA) is 91.4 Å². The number of nitrogens with zero attached hydrogens (tertiary/aromatic N) is 7. The summed E-state index contributed by atoms with van der Waals surface area (Å²) in [5, 5.41) is 8.78. The Labute approximate surface area is 203 Å². The van der Waals surface area contributed by atoms with Crippen LogP contribution >= 0.6 is 0 Å². The normalized spacial score (nSPS) is 11.6. The van der Waals surface area contributed by atoms with Gasteiger partial charge in [0.1, 0.15) is 24.2 Å². The van der Waals surface area contributed by atoms with Crippen LogP contribution < -0.4 is 5.56 Å². The van der Waals surface area contributed by atoms with Crippen molar-refractivity contribution in [2.75, 3.05) is 0 Å². The zero-order valence-electron chi connectivity index (χ0n) is 20.5. The van der Waals surface area contributed by atoms with Crippen LogP contribution in [0.3, 0.4) is 0 Å². The van der Waals surface area contributed by atoms with Gasteiger partial charge in [0, 0.05) is 23.5 Å². The standard InChI is InChI=1S/C27H27N7O/c1-16(2)22-10-9-19(13-28-22)20-12-21-24(11-18(20)5)29-14-34(27(21)35)25-8-6-7-23(31-25)26-32-30-15-33(26)17(3)4/h6-17H,1-5H3. The van der Waals surface area contributed by atoms with Crippen molar-refractivity contribution in [2.24, 2.45) is 0 Å². The summed E-state index contributed by atoms with van der Waals surface area (Å²) in [6.45, 7) is 10.4. The van der Waals surface area contributed by atoms with Gasteiger partial charge in [-0.3, -0.25) is 14.3 Å². The molecule has 0 spiro atoms. The second kappa shape index (κ2) is 8.87. The number of hydrogen-bond acceptors (Lipinski definition) is 6. The van der Waals surface area contributed by atoms with Crippen molar-refractivity contribution >= 4 is 10.9 Å². The largest absolute Gasteiger partial charge is 0.310 e. The number of benzene rings is 1. The van der Waals surface area contributed by atoms with Gasteiger partial charge in [-0.2, -0.15) is 0 Å². The fraction of sp³-hybridized carbons (Fsp3) is 0.259. The van der Waals surface area contributed by atoms with Crippen molar-refractivity contribution in [3.05, 3.63) is 82.9 Å². The fourth-order valence-electron chi connectivity index (χ4n) is 4.14. The average molecular weight is 466 g/mol. The molecular weight excluding hydrogens is 438 g/mol. The summed E-state index contributed by atoms with van der Waals surface area (Å²) in [6, 6.07) is 13.6. The Morgan fingerprint density at radius 1 is 0.943 bits per heavy atom. The Morgan fingerprint density at radius 3 is 2.49 bits per heavy atom. The van der Waals surface area contributed by atoms with E-state index in [2.05, 4.69) is 53.9 Å². The van der Waals surface area contributed by atoms with Gasteiger partial charge in [-0.25, -0.2) is 9.97 Å². The second-order valence-electron chi connectivity index (χ2n) is 9.27. The summed E-state index contributed by atoms with van der Waals surface area (Å²) in [5.41, 5.74) is 5.11. The molecule has 0 saturated carbocycles. The fourth-order valence-corrected chi connectivity index (χ4v) is 4.14. The Morgan fingerprint density at radius 2 is 1.77 bits per heavy atom. The molecule has 0 saturated heterocycles. The van der Waals surface area contributed by atoms with E-state index in [9.17, 15) is 4.79 Å². The van der Waals surface area contributed by atoms with E-state index in [0.717, 1.165) is 22.4 Å². The van der Waals surface area contributed by atoms with Crippen LogP contribution in [0, 0.1) is 6.92 Å². The Kier molecular flexibility index (Phi) is 5.72. The second-order valence-corrected chi connectivity index (χ2v) is 9.27. The maximum atomic E-state index is 13.6. The predicted molar refractivity (Wildman–Crippen MR) is 137 cm³/mol. The van der Waals surface area contributed by atoms with E-state index in [1.807, 2.05) is 48.0 Å². The highest BCUT2D eigenvalue weighted by molar-refractivity contribution is 5.85. The zero-order valence-corrected chi connectivity index (χ0v) is 20.5. The molecule has 0 unspecified atom stereocenters. The molecule has 176 valence electrons. The van der Waals surface area contributed by atoms with Crippen LogP contribution in [0.15, 0.2) is 66.1 Å². The summed E-state index contributed by atoms with van der Waals surface area (Å²) in [7, 11) is 0. The highest BCUT2D eigenvalue weighted by atomic mass is 16.1. The molecule has 0 atom stereocenters. The molecule has 8 heteroatoms. The van der Waals surface area contributed by atoms with Crippen LogP contribution in [0.2, 0.25) is 0 Å². The summed E-state index contributed by atoms with van der Waals surface area (Å²) in [4.78, 5) is 27.4. The summed E-state index contributed by atoms with van der Waals surface area (Å²) >= 11 is 0.